The fourth-order valence-corrected chi connectivity index (χ4v) is 6.03. The van der Waals surface area contributed by atoms with Crippen LogP contribution < -0.4 is 0 Å². The minimum atomic E-state index is -1.69. The molecule has 0 aromatic rings. The van der Waals surface area contributed by atoms with Crippen LogP contribution in [0.5, 0.6) is 0 Å². The number of carbonyl (C=O) groups is 1. The Labute approximate surface area is 181 Å². The Kier molecular flexibility index (Phi) is 7.06. The summed E-state index contributed by atoms with van der Waals surface area (Å²) >= 11 is 0. The molecule has 8 unspecified atom stereocenters. The lowest BCUT2D eigenvalue weighted by molar-refractivity contribution is -0.369. The maximum Gasteiger partial charge on any atom is 0.186 e. The molecular weight excluding hydrogens is 384 g/mol. The molecule has 30 heavy (non-hydrogen) atoms. The molecule has 2 aliphatic heterocycles. The highest BCUT2D eigenvalue weighted by Gasteiger charge is 2.70. The number of carbonyl (C=O) groups excluding carboxylic acids is 1. The smallest absolute Gasteiger partial charge is 0.186 e. The van der Waals surface area contributed by atoms with Crippen LogP contribution in [-0.2, 0) is 14.3 Å². The van der Waals surface area contributed by atoms with E-state index in [-0.39, 0.29) is 22.7 Å². The molecule has 2 heterocycles. The first-order valence-corrected chi connectivity index (χ1v) is 11.8. The SMILES string of the molecule is CCC(C)(CCCC1OC2(O)C(CO)C(O)C(=O)C12)CC(C)(C)CCCC1OC1C. The van der Waals surface area contributed by atoms with Gasteiger partial charge in [0, 0.05) is 0 Å². The maximum atomic E-state index is 12.3. The molecule has 6 nitrogen and oxygen atoms in total. The maximum absolute atomic E-state index is 12.3. The second-order valence-corrected chi connectivity index (χ2v) is 11.2. The molecule has 174 valence electrons. The summed E-state index contributed by atoms with van der Waals surface area (Å²) in [5.74, 6) is -3.71. The van der Waals surface area contributed by atoms with Crippen molar-refractivity contribution in [2.24, 2.45) is 22.7 Å². The van der Waals surface area contributed by atoms with E-state index in [0.717, 1.165) is 32.1 Å². The number of fused-ring (bicyclic) bond motifs is 1. The predicted octanol–water partition coefficient (Wildman–Crippen LogP) is 3.20. The van der Waals surface area contributed by atoms with Crippen LogP contribution in [0, 0.1) is 22.7 Å². The van der Waals surface area contributed by atoms with Gasteiger partial charge in [0.25, 0.3) is 0 Å². The fourth-order valence-electron chi connectivity index (χ4n) is 6.03. The Balaban J connectivity index is 1.45. The van der Waals surface area contributed by atoms with Crippen LogP contribution in [0.1, 0.15) is 86.0 Å². The molecule has 3 fully saturated rings. The van der Waals surface area contributed by atoms with Gasteiger partial charge >= 0.3 is 0 Å². The number of aliphatic hydroxyl groups is 3. The van der Waals surface area contributed by atoms with Gasteiger partial charge in [-0.1, -0.05) is 47.0 Å². The number of Topliss-reactive ketones (excluding diaryl/α,β-unsaturated/α-hetero) is 1. The van der Waals surface area contributed by atoms with Crippen LogP contribution in [0.2, 0.25) is 0 Å². The van der Waals surface area contributed by atoms with Crippen molar-refractivity contribution in [1.82, 2.24) is 0 Å². The van der Waals surface area contributed by atoms with Gasteiger partial charge in [-0.15, -0.1) is 0 Å². The molecule has 0 bridgehead atoms. The van der Waals surface area contributed by atoms with Crippen molar-refractivity contribution in [3.05, 3.63) is 0 Å². The Morgan fingerprint density at radius 2 is 1.70 bits per heavy atom. The fraction of sp³-hybridized carbons (Fsp3) is 0.958. The summed E-state index contributed by atoms with van der Waals surface area (Å²) < 4.78 is 11.2. The summed E-state index contributed by atoms with van der Waals surface area (Å²) in [4.78, 5) is 12.3. The third kappa shape index (κ3) is 4.78. The van der Waals surface area contributed by atoms with E-state index in [4.69, 9.17) is 9.47 Å². The van der Waals surface area contributed by atoms with E-state index in [1.165, 1.54) is 12.8 Å². The van der Waals surface area contributed by atoms with Crippen LogP contribution in [-0.4, -0.2) is 57.9 Å². The molecule has 2 saturated heterocycles. The van der Waals surface area contributed by atoms with E-state index in [0.29, 0.717) is 18.6 Å². The van der Waals surface area contributed by atoms with Crippen molar-refractivity contribution < 1.29 is 29.6 Å². The molecule has 1 aliphatic carbocycles. The van der Waals surface area contributed by atoms with Gasteiger partial charge in [-0.3, -0.25) is 4.79 Å². The van der Waals surface area contributed by atoms with Gasteiger partial charge in [-0.2, -0.15) is 0 Å². The van der Waals surface area contributed by atoms with Crippen molar-refractivity contribution in [2.75, 3.05) is 6.61 Å². The average Bonchev–Trinajstić information content (AvgIpc) is 3.32. The van der Waals surface area contributed by atoms with Crippen molar-refractivity contribution in [3.8, 4) is 0 Å². The van der Waals surface area contributed by atoms with Gasteiger partial charge in [0.1, 0.15) is 12.0 Å². The van der Waals surface area contributed by atoms with Crippen LogP contribution in [0.25, 0.3) is 0 Å². The summed E-state index contributed by atoms with van der Waals surface area (Å²) in [6, 6.07) is 0. The highest BCUT2D eigenvalue weighted by Crippen LogP contribution is 2.52. The largest absolute Gasteiger partial charge is 0.396 e. The molecule has 3 rings (SSSR count). The Morgan fingerprint density at radius 3 is 2.27 bits per heavy atom. The van der Waals surface area contributed by atoms with E-state index in [1.54, 1.807) is 0 Å². The molecular formula is C24H42O6. The molecule has 0 amide bonds. The molecule has 0 aromatic heterocycles. The monoisotopic (exact) mass is 426 g/mol. The zero-order valence-corrected chi connectivity index (χ0v) is 19.4. The highest BCUT2D eigenvalue weighted by molar-refractivity contribution is 5.90. The third-order valence-corrected chi connectivity index (χ3v) is 8.07. The topological polar surface area (TPSA) is 99.5 Å². The lowest BCUT2D eigenvalue weighted by Crippen LogP contribution is -2.62. The Hall–Kier alpha value is -0.530. The van der Waals surface area contributed by atoms with Crippen LogP contribution in [0.4, 0.5) is 0 Å². The zero-order valence-electron chi connectivity index (χ0n) is 19.4. The summed E-state index contributed by atoms with van der Waals surface area (Å²) in [5.41, 5.74) is 0.496. The first-order chi connectivity index (χ1) is 14.0. The number of hydrogen-bond donors (Lipinski definition) is 3. The van der Waals surface area contributed by atoms with E-state index >= 15 is 0 Å². The van der Waals surface area contributed by atoms with E-state index in [9.17, 15) is 20.1 Å². The van der Waals surface area contributed by atoms with Gasteiger partial charge in [-0.25, -0.2) is 0 Å². The third-order valence-electron chi connectivity index (χ3n) is 8.07. The Morgan fingerprint density at radius 1 is 1.10 bits per heavy atom. The Bertz CT molecular complexity index is 621. The van der Waals surface area contributed by atoms with E-state index in [2.05, 4.69) is 34.6 Å². The number of ether oxygens (including phenoxy) is 2. The van der Waals surface area contributed by atoms with Gasteiger partial charge < -0.3 is 24.8 Å². The lowest BCUT2D eigenvalue weighted by atomic mass is 9.68. The van der Waals surface area contributed by atoms with Gasteiger partial charge in [0.2, 0.25) is 0 Å². The number of epoxide rings is 1. The number of ketones is 1. The first-order valence-electron chi connectivity index (χ1n) is 11.8. The summed E-state index contributed by atoms with van der Waals surface area (Å²) in [6.45, 7) is 11.0. The molecule has 6 heteroatoms. The molecule has 0 radical (unpaired) electrons. The van der Waals surface area contributed by atoms with E-state index < -0.39 is 30.3 Å². The molecule has 0 aromatic carbocycles. The minimum absolute atomic E-state index is 0.222. The zero-order chi connectivity index (χ0) is 22.3. The molecule has 1 saturated carbocycles. The molecule has 8 atom stereocenters. The number of hydrogen-bond acceptors (Lipinski definition) is 6. The number of aliphatic hydroxyl groups excluding tert-OH is 2. The molecule has 3 N–H and O–H groups in total. The number of rotatable bonds is 12. The standard InChI is InChI=1S/C24H42O6/c1-6-23(5,14-22(3,4)11-7-9-17-15(2)29-17)12-8-10-18-19-21(27)20(26)16(13-25)24(19,28)30-18/h15-20,25-26,28H,6-14H2,1-5H3. The van der Waals surface area contributed by atoms with Crippen molar-refractivity contribution in [2.45, 2.75) is 116 Å². The second-order valence-electron chi connectivity index (χ2n) is 11.2. The normalized spacial score (nSPS) is 40.1. The summed E-state index contributed by atoms with van der Waals surface area (Å²) in [7, 11) is 0. The summed E-state index contributed by atoms with van der Waals surface area (Å²) in [6.07, 6.45) is 7.69. The average molecular weight is 427 g/mol. The summed E-state index contributed by atoms with van der Waals surface area (Å²) in [5, 5.41) is 30.0. The predicted molar refractivity (Wildman–Crippen MR) is 114 cm³/mol. The van der Waals surface area contributed by atoms with E-state index in [1.807, 2.05) is 0 Å². The quantitative estimate of drug-likeness (QED) is 0.415. The minimum Gasteiger partial charge on any atom is -0.396 e. The van der Waals surface area contributed by atoms with Crippen molar-refractivity contribution >= 4 is 5.78 Å². The van der Waals surface area contributed by atoms with Gasteiger partial charge in [-0.05, 0) is 49.9 Å². The second kappa shape index (κ2) is 8.78. The highest BCUT2D eigenvalue weighted by atomic mass is 16.7. The van der Waals surface area contributed by atoms with Gasteiger partial charge in [0.05, 0.1) is 30.8 Å². The van der Waals surface area contributed by atoms with Gasteiger partial charge in [0.15, 0.2) is 11.6 Å². The molecule has 3 aliphatic rings. The van der Waals surface area contributed by atoms with Crippen LogP contribution in [0.3, 0.4) is 0 Å². The van der Waals surface area contributed by atoms with Crippen molar-refractivity contribution in [3.63, 3.8) is 0 Å². The van der Waals surface area contributed by atoms with Crippen LogP contribution in [0.15, 0.2) is 0 Å². The lowest BCUT2D eigenvalue weighted by Gasteiger charge is -2.49. The molecule has 0 spiro atoms. The first kappa shape index (κ1) is 24.1. The van der Waals surface area contributed by atoms with Crippen LogP contribution >= 0.6 is 0 Å². The van der Waals surface area contributed by atoms with Crippen molar-refractivity contribution in [1.29, 1.82) is 0 Å².